The van der Waals surface area contributed by atoms with Gasteiger partial charge in [0.2, 0.25) is 0 Å². The number of hydrogen-bond donors (Lipinski definition) is 1. The Morgan fingerprint density at radius 3 is 3.00 bits per heavy atom. The molecule has 3 heteroatoms. The summed E-state index contributed by atoms with van der Waals surface area (Å²) in [5.41, 5.74) is 1.07. The average molecular weight is 168 g/mol. The molecule has 0 aliphatic heterocycles. The zero-order valence-electron chi connectivity index (χ0n) is 6.57. The van der Waals surface area contributed by atoms with Crippen LogP contribution < -0.4 is 0 Å². The van der Waals surface area contributed by atoms with Gasteiger partial charge in [0.25, 0.3) is 0 Å². The lowest BCUT2D eigenvalue weighted by atomic mass is 10.2. The Morgan fingerprint density at radius 1 is 1.64 bits per heavy atom. The van der Waals surface area contributed by atoms with Gasteiger partial charge in [0.1, 0.15) is 6.33 Å². The molecule has 1 atom stereocenters. The van der Waals surface area contributed by atoms with Gasteiger partial charge in [0, 0.05) is 23.6 Å². The Balaban J connectivity index is 2.51. The fraction of sp³-hybridized carbons (Fsp3) is 0.500. The molecule has 1 unspecified atom stereocenters. The molecule has 0 radical (unpaired) electrons. The van der Waals surface area contributed by atoms with Crippen molar-refractivity contribution in [2.75, 3.05) is 0 Å². The molecule has 11 heavy (non-hydrogen) atoms. The number of nitrogens with zero attached hydrogens (tertiary/aromatic N) is 2. The molecule has 1 rings (SSSR count). The minimum absolute atomic E-state index is 0.421. The summed E-state index contributed by atoms with van der Waals surface area (Å²) in [7, 11) is 0. The third kappa shape index (κ3) is 2.89. The number of thiol groups is 1. The van der Waals surface area contributed by atoms with Crippen LogP contribution in [0.5, 0.6) is 0 Å². The Bertz CT molecular complexity index is 201. The average Bonchev–Trinajstić information content (AvgIpc) is 2.06. The van der Waals surface area contributed by atoms with E-state index in [9.17, 15) is 0 Å². The van der Waals surface area contributed by atoms with Crippen molar-refractivity contribution in [3.63, 3.8) is 0 Å². The van der Waals surface area contributed by atoms with Crippen LogP contribution in [0.2, 0.25) is 0 Å². The normalized spacial score (nSPS) is 12.9. The first kappa shape index (κ1) is 8.53. The van der Waals surface area contributed by atoms with Gasteiger partial charge in [0.15, 0.2) is 0 Å². The van der Waals surface area contributed by atoms with Crippen molar-refractivity contribution >= 4 is 12.6 Å². The smallest absolute Gasteiger partial charge is 0.115 e. The van der Waals surface area contributed by atoms with Gasteiger partial charge >= 0.3 is 0 Å². The highest BCUT2D eigenvalue weighted by atomic mass is 32.1. The molecule has 0 bridgehead atoms. The van der Waals surface area contributed by atoms with E-state index < -0.39 is 0 Å². The van der Waals surface area contributed by atoms with Gasteiger partial charge in [-0.2, -0.15) is 12.6 Å². The summed E-state index contributed by atoms with van der Waals surface area (Å²) in [6.07, 6.45) is 5.35. The molecular formula is C8H12N2S. The molecule has 1 heterocycles. The third-order valence-corrected chi connectivity index (χ3v) is 2.11. The summed E-state index contributed by atoms with van der Waals surface area (Å²) in [5, 5.41) is 0.421. The molecule has 0 amide bonds. The van der Waals surface area contributed by atoms with Crippen LogP contribution in [0.4, 0.5) is 0 Å². The Hall–Kier alpha value is -0.570. The van der Waals surface area contributed by atoms with Gasteiger partial charge in [-0.1, -0.05) is 6.92 Å². The monoisotopic (exact) mass is 168 g/mol. The van der Waals surface area contributed by atoms with E-state index in [-0.39, 0.29) is 0 Å². The van der Waals surface area contributed by atoms with Crippen LogP contribution in [-0.4, -0.2) is 15.2 Å². The van der Waals surface area contributed by atoms with Crippen LogP contribution >= 0.6 is 12.6 Å². The van der Waals surface area contributed by atoms with Gasteiger partial charge in [-0.15, -0.1) is 0 Å². The second-order valence-electron chi connectivity index (χ2n) is 2.47. The highest BCUT2D eigenvalue weighted by Gasteiger charge is 2.01. The van der Waals surface area contributed by atoms with Crippen molar-refractivity contribution in [2.45, 2.75) is 25.0 Å². The lowest BCUT2D eigenvalue weighted by molar-refractivity contribution is 0.797. The maximum Gasteiger partial charge on any atom is 0.115 e. The molecule has 2 nitrogen and oxygen atoms in total. The van der Waals surface area contributed by atoms with Gasteiger partial charge in [-0.05, 0) is 12.5 Å². The standard InChI is InChI=1S/C8H12N2S/c1-2-8(11)5-7-3-4-9-6-10-7/h3-4,6,8,11H,2,5H2,1H3. The highest BCUT2D eigenvalue weighted by molar-refractivity contribution is 7.80. The molecule has 0 saturated heterocycles. The van der Waals surface area contributed by atoms with Crippen molar-refractivity contribution in [3.8, 4) is 0 Å². The second-order valence-corrected chi connectivity index (χ2v) is 3.20. The minimum atomic E-state index is 0.421. The molecule has 0 saturated carbocycles. The fourth-order valence-electron chi connectivity index (χ4n) is 0.825. The number of rotatable bonds is 3. The largest absolute Gasteiger partial charge is 0.245 e. The van der Waals surface area contributed by atoms with E-state index >= 15 is 0 Å². The lowest BCUT2D eigenvalue weighted by Gasteiger charge is -2.04. The topological polar surface area (TPSA) is 25.8 Å². The van der Waals surface area contributed by atoms with Crippen LogP contribution in [0.25, 0.3) is 0 Å². The van der Waals surface area contributed by atoms with Gasteiger partial charge in [-0.3, -0.25) is 0 Å². The van der Waals surface area contributed by atoms with E-state index in [4.69, 9.17) is 0 Å². The molecule has 0 N–H and O–H groups in total. The third-order valence-electron chi connectivity index (χ3n) is 1.56. The minimum Gasteiger partial charge on any atom is -0.245 e. The first-order valence-electron chi connectivity index (χ1n) is 3.76. The fourth-order valence-corrected chi connectivity index (χ4v) is 1.01. The zero-order valence-corrected chi connectivity index (χ0v) is 7.46. The molecule has 0 aromatic carbocycles. The molecule has 0 aliphatic rings. The first-order chi connectivity index (χ1) is 5.33. The zero-order chi connectivity index (χ0) is 8.10. The predicted molar refractivity (Wildman–Crippen MR) is 48.8 cm³/mol. The number of hydrogen-bond acceptors (Lipinski definition) is 3. The first-order valence-corrected chi connectivity index (χ1v) is 4.27. The summed E-state index contributed by atoms with van der Waals surface area (Å²) < 4.78 is 0. The van der Waals surface area contributed by atoms with Gasteiger partial charge in [-0.25, -0.2) is 9.97 Å². The van der Waals surface area contributed by atoms with Crippen molar-refractivity contribution in [3.05, 3.63) is 24.3 Å². The summed E-state index contributed by atoms with van der Waals surface area (Å²) in [5.74, 6) is 0. The van der Waals surface area contributed by atoms with E-state index in [0.717, 1.165) is 18.5 Å². The molecule has 0 aliphatic carbocycles. The van der Waals surface area contributed by atoms with Crippen LogP contribution in [0.1, 0.15) is 19.0 Å². The maximum atomic E-state index is 4.38. The van der Waals surface area contributed by atoms with Gasteiger partial charge in [0.05, 0.1) is 0 Å². The molecule has 0 fully saturated rings. The van der Waals surface area contributed by atoms with Crippen LogP contribution in [-0.2, 0) is 6.42 Å². The Labute approximate surface area is 72.5 Å². The molecular weight excluding hydrogens is 156 g/mol. The Kier molecular flexibility index (Phi) is 3.36. The van der Waals surface area contributed by atoms with Crippen molar-refractivity contribution in [2.24, 2.45) is 0 Å². The van der Waals surface area contributed by atoms with E-state index in [1.807, 2.05) is 6.07 Å². The Morgan fingerprint density at radius 2 is 2.45 bits per heavy atom. The van der Waals surface area contributed by atoms with E-state index in [1.54, 1.807) is 12.5 Å². The second kappa shape index (κ2) is 4.34. The highest BCUT2D eigenvalue weighted by Crippen LogP contribution is 2.06. The summed E-state index contributed by atoms with van der Waals surface area (Å²) >= 11 is 4.38. The molecule has 1 aromatic heterocycles. The predicted octanol–water partition coefficient (Wildman–Crippen LogP) is 1.73. The molecule has 1 aromatic rings. The van der Waals surface area contributed by atoms with Crippen LogP contribution in [0, 0.1) is 0 Å². The summed E-state index contributed by atoms with van der Waals surface area (Å²) in [6.45, 7) is 2.12. The van der Waals surface area contributed by atoms with Gasteiger partial charge < -0.3 is 0 Å². The van der Waals surface area contributed by atoms with E-state index in [1.165, 1.54) is 0 Å². The maximum absolute atomic E-state index is 4.38. The quantitative estimate of drug-likeness (QED) is 0.695. The van der Waals surface area contributed by atoms with Crippen molar-refractivity contribution in [1.29, 1.82) is 0 Å². The summed E-state index contributed by atoms with van der Waals surface area (Å²) in [6, 6.07) is 1.93. The lowest BCUT2D eigenvalue weighted by Crippen LogP contribution is -2.02. The number of aromatic nitrogens is 2. The van der Waals surface area contributed by atoms with E-state index in [2.05, 4.69) is 29.5 Å². The van der Waals surface area contributed by atoms with Crippen molar-refractivity contribution < 1.29 is 0 Å². The van der Waals surface area contributed by atoms with E-state index in [0.29, 0.717) is 5.25 Å². The molecule has 0 spiro atoms. The van der Waals surface area contributed by atoms with Crippen LogP contribution in [0.15, 0.2) is 18.6 Å². The SMILES string of the molecule is CCC(S)Cc1ccncn1. The van der Waals surface area contributed by atoms with Crippen LogP contribution in [0.3, 0.4) is 0 Å². The van der Waals surface area contributed by atoms with Crippen molar-refractivity contribution in [1.82, 2.24) is 9.97 Å². The summed E-state index contributed by atoms with van der Waals surface area (Å²) in [4.78, 5) is 7.95. The molecule has 60 valence electrons.